The first-order valence-electron chi connectivity index (χ1n) is 6.29. The van der Waals surface area contributed by atoms with Gasteiger partial charge in [0.1, 0.15) is 0 Å². The van der Waals surface area contributed by atoms with Crippen molar-refractivity contribution in [1.82, 2.24) is 9.78 Å². The highest BCUT2D eigenvalue weighted by atomic mass is 32.2. The number of aliphatic hydroxyl groups excluding tert-OH is 1. The number of hydrogen-bond donors (Lipinski definition) is 1. The first-order valence-corrected chi connectivity index (χ1v) is 8.11. The van der Waals surface area contributed by atoms with Gasteiger partial charge in [0.2, 0.25) is 0 Å². The van der Waals surface area contributed by atoms with Gasteiger partial charge >= 0.3 is 0 Å². The molecule has 0 amide bonds. The number of nitrogens with zero attached hydrogens (tertiary/aromatic N) is 2. The van der Waals surface area contributed by atoms with E-state index in [1.54, 1.807) is 6.20 Å². The average Bonchev–Trinajstić information content (AvgIpc) is 2.81. The minimum Gasteiger partial charge on any atom is -0.392 e. The van der Waals surface area contributed by atoms with Gasteiger partial charge in [-0.25, -0.2) is 8.42 Å². The van der Waals surface area contributed by atoms with Crippen molar-refractivity contribution in [1.29, 1.82) is 0 Å². The second-order valence-electron chi connectivity index (χ2n) is 5.28. The summed E-state index contributed by atoms with van der Waals surface area (Å²) in [7, 11) is -2.95. The monoisotopic (exact) mass is 272 g/mol. The van der Waals surface area contributed by atoms with Crippen molar-refractivity contribution >= 4 is 9.84 Å². The highest BCUT2D eigenvalue weighted by molar-refractivity contribution is 7.91. The van der Waals surface area contributed by atoms with Crippen LogP contribution < -0.4 is 0 Å². The molecule has 1 aliphatic heterocycles. The normalized spacial score (nSPS) is 26.6. The lowest BCUT2D eigenvalue weighted by Gasteiger charge is -2.25. The van der Waals surface area contributed by atoms with E-state index in [0.29, 0.717) is 6.42 Å². The van der Waals surface area contributed by atoms with Crippen LogP contribution in [0, 0.1) is 0 Å². The molecule has 102 valence electrons. The minimum absolute atomic E-state index is 0.0435. The fraction of sp³-hybridized carbons (Fsp3) is 0.750. The van der Waals surface area contributed by atoms with Crippen LogP contribution >= 0.6 is 0 Å². The topological polar surface area (TPSA) is 72.2 Å². The lowest BCUT2D eigenvalue weighted by molar-refractivity contribution is 0.277. The summed E-state index contributed by atoms with van der Waals surface area (Å²) in [5.41, 5.74) is 1.32. The van der Waals surface area contributed by atoms with E-state index in [1.165, 1.54) is 0 Å². The molecular formula is C12H20N2O3S. The lowest BCUT2D eigenvalue weighted by Crippen LogP contribution is -2.34. The van der Waals surface area contributed by atoms with Crippen LogP contribution in [0.5, 0.6) is 0 Å². The molecule has 0 aliphatic carbocycles. The summed E-state index contributed by atoms with van der Waals surface area (Å²) in [6, 6.07) is 0. The molecule has 2 heterocycles. The van der Waals surface area contributed by atoms with E-state index in [-0.39, 0.29) is 18.1 Å². The van der Waals surface area contributed by atoms with Gasteiger partial charge in [0.25, 0.3) is 0 Å². The number of aromatic nitrogens is 2. The molecule has 1 fully saturated rings. The largest absolute Gasteiger partial charge is 0.392 e. The van der Waals surface area contributed by atoms with Gasteiger partial charge in [-0.05, 0) is 19.8 Å². The van der Waals surface area contributed by atoms with E-state index in [2.05, 4.69) is 12.0 Å². The maximum Gasteiger partial charge on any atom is 0.152 e. The van der Waals surface area contributed by atoms with Gasteiger partial charge in [-0.1, -0.05) is 13.3 Å². The van der Waals surface area contributed by atoms with Crippen LogP contribution in [0.15, 0.2) is 6.20 Å². The summed E-state index contributed by atoms with van der Waals surface area (Å²) in [6.45, 7) is 3.95. The number of aliphatic hydroxyl groups is 1. The first-order chi connectivity index (χ1) is 8.42. The summed E-state index contributed by atoms with van der Waals surface area (Å²) in [6.07, 6.45) is 4.01. The molecule has 1 atom stereocenters. The van der Waals surface area contributed by atoms with Crippen molar-refractivity contribution in [3.05, 3.63) is 17.5 Å². The SMILES string of the molecule is CCCc1c(CO)cnn1C1(C)CCS(=O)(=O)C1. The van der Waals surface area contributed by atoms with E-state index >= 15 is 0 Å². The molecule has 5 nitrogen and oxygen atoms in total. The molecule has 1 aromatic heterocycles. The molecule has 1 saturated heterocycles. The van der Waals surface area contributed by atoms with Crippen molar-refractivity contribution in [2.24, 2.45) is 0 Å². The van der Waals surface area contributed by atoms with Gasteiger partial charge in [0.05, 0.1) is 29.8 Å². The Morgan fingerprint density at radius 2 is 2.28 bits per heavy atom. The predicted octanol–water partition coefficient (Wildman–Crippen LogP) is 0.862. The molecule has 2 rings (SSSR count). The fourth-order valence-electron chi connectivity index (χ4n) is 2.67. The molecule has 1 aromatic rings. The Bertz CT molecular complexity index is 536. The zero-order chi connectivity index (χ0) is 13.4. The van der Waals surface area contributed by atoms with E-state index in [4.69, 9.17) is 0 Å². The maximum atomic E-state index is 11.7. The summed E-state index contributed by atoms with van der Waals surface area (Å²) in [5, 5.41) is 13.6. The molecule has 0 bridgehead atoms. The Kier molecular flexibility index (Phi) is 3.51. The standard InChI is InChI=1S/C12H20N2O3S/c1-3-4-11-10(8-15)7-13-14(11)12(2)5-6-18(16,17)9-12/h7,15H,3-6,8-9H2,1-2H3. The summed E-state index contributed by atoms with van der Waals surface area (Å²) < 4.78 is 25.2. The van der Waals surface area contributed by atoms with Gasteiger partial charge in [0.15, 0.2) is 9.84 Å². The molecule has 1 N–H and O–H groups in total. The molecule has 0 radical (unpaired) electrons. The molecule has 0 saturated carbocycles. The number of hydrogen-bond acceptors (Lipinski definition) is 4. The summed E-state index contributed by atoms with van der Waals surface area (Å²) >= 11 is 0. The zero-order valence-corrected chi connectivity index (χ0v) is 11.7. The zero-order valence-electron chi connectivity index (χ0n) is 10.9. The Balaban J connectivity index is 2.42. The Labute approximate surface area is 108 Å². The Hall–Kier alpha value is -0.880. The van der Waals surface area contributed by atoms with Crippen LogP contribution in [-0.4, -0.2) is 34.8 Å². The smallest absolute Gasteiger partial charge is 0.152 e. The predicted molar refractivity (Wildman–Crippen MR) is 69.1 cm³/mol. The third kappa shape index (κ3) is 2.31. The third-order valence-electron chi connectivity index (χ3n) is 3.61. The Morgan fingerprint density at radius 3 is 2.78 bits per heavy atom. The van der Waals surface area contributed by atoms with Gasteiger partial charge < -0.3 is 5.11 Å². The van der Waals surface area contributed by atoms with E-state index in [0.717, 1.165) is 24.1 Å². The number of rotatable bonds is 4. The van der Waals surface area contributed by atoms with Gasteiger partial charge in [-0.15, -0.1) is 0 Å². The second-order valence-corrected chi connectivity index (χ2v) is 7.46. The maximum absolute atomic E-state index is 11.7. The highest BCUT2D eigenvalue weighted by Gasteiger charge is 2.41. The molecule has 0 spiro atoms. The number of sulfone groups is 1. The van der Waals surface area contributed by atoms with E-state index in [1.807, 2.05) is 11.6 Å². The summed E-state index contributed by atoms with van der Waals surface area (Å²) in [4.78, 5) is 0. The van der Waals surface area contributed by atoms with Gasteiger partial charge in [0, 0.05) is 11.3 Å². The van der Waals surface area contributed by atoms with Crippen molar-refractivity contribution in [3.8, 4) is 0 Å². The van der Waals surface area contributed by atoms with Gasteiger partial charge in [-0.2, -0.15) is 5.10 Å². The van der Waals surface area contributed by atoms with E-state index < -0.39 is 15.4 Å². The van der Waals surface area contributed by atoms with Crippen molar-refractivity contribution < 1.29 is 13.5 Å². The molecule has 6 heteroatoms. The lowest BCUT2D eigenvalue weighted by atomic mass is 10.0. The Morgan fingerprint density at radius 1 is 1.56 bits per heavy atom. The van der Waals surface area contributed by atoms with Crippen molar-refractivity contribution in [3.63, 3.8) is 0 Å². The van der Waals surface area contributed by atoms with Crippen LogP contribution in [-0.2, 0) is 28.4 Å². The van der Waals surface area contributed by atoms with Crippen LogP contribution in [0.1, 0.15) is 37.9 Å². The molecule has 1 unspecified atom stereocenters. The van der Waals surface area contributed by atoms with Crippen molar-refractivity contribution in [2.75, 3.05) is 11.5 Å². The minimum atomic E-state index is -2.95. The summed E-state index contributed by atoms with van der Waals surface area (Å²) in [5.74, 6) is 0.368. The molecule has 18 heavy (non-hydrogen) atoms. The highest BCUT2D eigenvalue weighted by Crippen LogP contribution is 2.32. The van der Waals surface area contributed by atoms with Gasteiger partial charge in [-0.3, -0.25) is 4.68 Å². The quantitative estimate of drug-likeness (QED) is 0.882. The fourth-order valence-corrected chi connectivity index (χ4v) is 4.78. The third-order valence-corrected chi connectivity index (χ3v) is 5.49. The van der Waals surface area contributed by atoms with Crippen LogP contribution in [0.2, 0.25) is 0 Å². The molecule has 0 aromatic carbocycles. The first kappa shape index (κ1) is 13.5. The molecule has 1 aliphatic rings. The van der Waals surface area contributed by atoms with E-state index in [9.17, 15) is 13.5 Å². The van der Waals surface area contributed by atoms with Crippen LogP contribution in [0.25, 0.3) is 0 Å². The molecular weight excluding hydrogens is 252 g/mol. The van der Waals surface area contributed by atoms with Crippen LogP contribution in [0.3, 0.4) is 0 Å². The van der Waals surface area contributed by atoms with Crippen molar-refractivity contribution in [2.45, 2.75) is 45.3 Å². The average molecular weight is 272 g/mol. The second kappa shape index (κ2) is 4.66. The van der Waals surface area contributed by atoms with Crippen LogP contribution in [0.4, 0.5) is 0 Å².